The standard InChI is InChI=1S/C26H26N4O6/c1-16-21(27-24(33)35-17(2)18-6-4-3-5-7-18)22(36-28-16)19-8-10-20(11-9-19)29-14-15-30(25(29)34)26(12-13-26)23(31)32/h3-11,17H,12-15H2,1-2H3,(H,27,33)(H,31,32). The Kier molecular flexibility index (Phi) is 5.87. The molecule has 3 amide bonds. The zero-order chi connectivity index (χ0) is 25.4. The number of hydrogen-bond acceptors (Lipinski definition) is 6. The maximum absolute atomic E-state index is 12.9. The average molecular weight is 491 g/mol. The van der Waals surface area contributed by atoms with Crippen LogP contribution in [0.5, 0.6) is 0 Å². The fraction of sp³-hybridized carbons (Fsp3) is 0.308. The number of carboxylic acid groups (broad SMARTS) is 1. The highest BCUT2D eigenvalue weighted by Crippen LogP contribution is 2.44. The molecule has 1 unspecified atom stereocenters. The van der Waals surface area contributed by atoms with E-state index >= 15 is 0 Å². The van der Waals surface area contributed by atoms with Gasteiger partial charge in [-0.1, -0.05) is 35.5 Å². The summed E-state index contributed by atoms with van der Waals surface area (Å²) in [6.07, 6.45) is -0.115. The third-order valence-corrected chi connectivity index (χ3v) is 6.73. The van der Waals surface area contributed by atoms with Gasteiger partial charge in [-0.05, 0) is 56.5 Å². The number of aliphatic carboxylic acids is 1. The van der Waals surface area contributed by atoms with Crippen LogP contribution in [0.2, 0.25) is 0 Å². The van der Waals surface area contributed by atoms with Crippen LogP contribution in [0.4, 0.5) is 21.0 Å². The molecule has 2 fully saturated rings. The predicted octanol–water partition coefficient (Wildman–Crippen LogP) is 4.82. The summed E-state index contributed by atoms with van der Waals surface area (Å²) >= 11 is 0. The molecule has 2 heterocycles. The van der Waals surface area contributed by atoms with Gasteiger partial charge in [-0.3, -0.25) is 10.2 Å². The topological polar surface area (TPSA) is 125 Å². The van der Waals surface area contributed by atoms with E-state index < -0.39 is 23.7 Å². The van der Waals surface area contributed by atoms with E-state index in [1.54, 1.807) is 43.0 Å². The van der Waals surface area contributed by atoms with Crippen molar-refractivity contribution in [3.8, 4) is 11.3 Å². The summed E-state index contributed by atoms with van der Waals surface area (Å²) in [7, 11) is 0. The van der Waals surface area contributed by atoms with E-state index in [1.807, 2.05) is 30.3 Å². The highest BCUT2D eigenvalue weighted by atomic mass is 16.6. The Morgan fingerprint density at radius 1 is 1.11 bits per heavy atom. The molecule has 186 valence electrons. The lowest BCUT2D eigenvalue weighted by Gasteiger charge is -2.24. The molecule has 0 spiro atoms. The van der Waals surface area contributed by atoms with Crippen molar-refractivity contribution >= 4 is 29.5 Å². The van der Waals surface area contributed by atoms with Crippen LogP contribution in [0.3, 0.4) is 0 Å². The lowest BCUT2D eigenvalue weighted by Crippen LogP contribution is -2.46. The van der Waals surface area contributed by atoms with Crippen LogP contribution in [-0.4, -0.2) is 51.9 Å². The van der Waals surface area contributed by atoms with E-state index in [-0.39, 0.29) is 6.03 Å². The normalized spacial score (nSPS) is 17.1. The van der Waals surface area contributed by atoms with Gasteiger partial charge in [0.1, 0.15) is 23.0 Å². The molecule has 1 atom stereocenters. The molecule has 2 aromatic carbocycles. The second-order valence-corrected chi connectivity index (χ2v) is 9.02. The van der Waals surface area contributed by atoms with Crippen LogP contribution >= 0.6 is 0 Å². The number of anilines is 2. The number of nitrogens with one attached hydrogen (secondary N) is 1. The first kappa shape index (κ1) is 23.4. The zero-order valence-electron chi connectivity index (χ0n) is 19.9. The third-order valence-electron chi connectivity index (χ3n) is 6.73. The number of ether oxygens (including phenoxy) is 1. The van der Waals surface area contributed by atoms with Gasteiger partial charge in [-0.2, -0.15) is 0 Å². The molecular formula is C26H26N4O6. The van der Waals surface area contributed by atoms with Gasteiger partial charge in [0.15, 0.2) is 5.76 Å². The summed E-state index contributed by atoms with van der Waals surface area (Å²) in [5.74, 6) is -0.592. The molecule has 1 aromatic heterocycles. The molecule has 5 rings (SSSR count). The summed E-state index contributed by atoms with van der Waals surface area (Å²) in [6.45, 7) is 4.28. The van der Waals surface area contributed by atoms with Gasteiger partial charge >= 0.3 is 18.1 Å². The van der Waals surface area contributed by atoms with Gasteiger partial charge in [0.2, 0.25) is 0 Å². The maximum atomic E-state index is 12.9. The van der Waals surface area contributed by atoms with Crippen molar-refractivity contribution in [3.05, 3.63) is 65.9 Å². The number of urea groups is 1. The van der Waals surface area contributed by atoms with Gasteiger partial charge in [-0.25, -0.2) is 14.4 Å². The average Bonchev–Trinajstić information content (AvgIpc) is 3.49. The van der Waals surface area contributed by atoms with Crippen molar-refractivity contribution in [1.82, 2.24) is 10.1 Å². The van der Waals surface area contributed by atoms with Crippen molar-refractivity contribution < 1.29 is 28.8 Å². The Bertz CT molecular complexity index is 1300. The highest BCUT2D eigenvalue weighted by Gasteiger charge is 2.59. The molecule has 2 aliphatic rings. The van der Waals surface area contributed by atoms with E-state index in [0.29, 0.717) is 54.3 Å². The number of carbonyl (C=O) groups excluding carboxylic acids is 2. The van der Waals surface area contributed by atoms with Crippen LogP contribution in [0.1, 0.15) is 37.1 Å². The Hall–Kier alpha value is -4.34. The molecule has 2 N–H and O–H groups in total. The summed E-state index contributed by atoms with van der Waals surface area (Å²) in [6, 6.07) is 16.1. The smallest absolute Gasteiger partial charge is 0.412 e. The van der Waals surface area contributed by atoms with E-state index in [9.17, 15) is 19.5 Å². The Balaban J connectivity index is 1.29. The molecule has 1 saturated carbocycles. The summed E-state index contributed by atoms with van der Waals surface area (Å²) in [4.78, 5) is 40.1. The van der Waals surface area contributed by atoms with Gasteiger partial charge < -0.3 is 19.3 Å². The molecule has 10 nitrogen and oxygen atoms in total. The van der Waals surface area contributed by atoms with Crippen molar-refractivity contribution in [3.63, 3.8) is 0 Å². The van der Waals surface area contributed by atoms with E-state index in [0.717, 1.165) is 5.56 Å². The number of amides is 3. The molecule has 0 bridgehead atoms. The maximum Gasteiger partial charge on any atom is 0.412 e. The van der Waals surface area contributed by atoms with Gasteiger partial charge in [-0.15, -0.1) is 0 Å². The van der Waals surface area contributed by atoms with Crippen LogP contribution in [0, 0.1) is 6.92 Å². The predicted molar refractivity (Wildman–Crippen MR) is 131 cm³/mol. The molecule has 10 heteroatoms. The zero-order valence-corrected chi connectivity index (χ0v) is 19.9. The largest absolute Gasteiger partial charge is 0.479 e. The second kappa shape index (κ2) is 9.03. The number of benzene rings is 2. The minimum atomic E-state index is -1.06. The molecule has 1 aliphatic heterocycles. The first-order valence-corrected chi connectivity index (χ1v) is 11.7. The monoisotopic (exact) mass is 490 g/mol. The van der Waals surface area contributed by atoms with Crippen LogP contribution < -0.4 is 10.2 Å². The highest BCUT2D eigenvalue weighted by molar-refractivity contribution is 5.99. The summed E-state index contributed by atoms with van der Waals surface area (Å²) < 4.78 is 11.0. The first-order valence-electron chi connectivity index (χ1n) is 11.7. The molecule has 0 radical (unpaired) electrons. The molecule has 1 aliphatic carbocycles. The van der Waals surface area contributed by atoms with Gasteiger partial charge in [0, 0.05) is 24.3 Å². The van der Waals surface area contributed by atoms with E-state index in [4.69, 9.17) is 9.26 Å². The van der Waals surface area contributed by atoms with Gasteiger partial charge in [0.25, 0.3) is 0 Å². The quantitative estimate of drug-likeness (QED) is 0.486. The minimum absolute atomic E-state index is 0.309. The Labute approximate surface area is 207 Å². The number of rotatable bonds is 7. The minimum Gasteiger partial charge on any atom is -0.479 e. The number of hydrogen-bond donors (Lipinski definition) is 2. The SMILES string of the molecule is Cc1noc(-c2ccc(N3CCN(C4(C(=O)O)CC4)C3=O)cc2)c1NC(=O)OC(C)c1ccccc1. The third kappa shape index (κ3) is 4.15. The van der Waals surface area contributed by atoms with Crippen molar-refractivity contribution in [2.45, 2.75) is 38.3 Å². The first-order chi connectivity index (χ1) is 17.3. The fourth-order valence-electron chi connectivity index (χ4n) is 4.48. The van der Waals surface area contributed by atoms with Crippen molar-refractivity contribution in [2.75, 3.05) is 23.3 Å². The van der Waals surface area contributed by atoms with Gasteiger partial charge in [0.05, 0.1) is 0 Å². The summed E-state index contributed by atoms with van der Waals surface area (Å²) in [5.41, 5.74) is 2.00. The fourth-order valence-corrected chi connectivity index (χ4v) is 4.48. The second-order valence-electron chi connectivity index (χ2n) is 9.02. The van der Waals surface area contributed by atoms with Crippen LogP contribution in [-0.2, 0) is 9.53 Å². The Morgan fingerprint density at radius 3 is 2.44 bits per heavy atom. The molecular weight excluding hydrogens is 464 g/mol. The van der Waals surface area contributed by atoms with Crippen molar-refractivity contribution in [1.29, 1.82) is 0 Å². The van der Waals surface area contributed by atoms with E-state index in [2.05, 4.69) is 10.5 Å². The summed E-state index contributed by atoms with van der Waals surface area (Å²) in [5, 5.41) is 16.2. The lowest BCUT2D eigenvalue weighted by molar-refractivity contribution is -0.143. The number of nitrogens with zero attached hydrogens (tertiary/aromatic N) is 3. The molecule has 3 aromatic rings. The van der Waals surface area contributed by atoms with E-state index in [1.165, 1.54) is 4.90 Å². The molecule has 36 heavy (non-hydrogen) atoms. The Morgan fingerprint density at radius 2 is 1.81 bits per heavy atom. The molecule has 1 saturated heterocycles. The van der Waals surface area contributed by atoms with Crippen LogP contribution in [0.15, 0.2) is 59.1 Å². The number of aromatic nitrogens is 1. The number of carboxylic acids is 1. The number of aryl methyl sites for hydroxylation is 1. The number of carbonyl (C=O) groups is 3. The van der Waals surface area contributed by atoms with Crippen LogP contribution in [0.25, 0.3) is 11.3 Å². The van der Waals surface area contributed by atoms with Crippen molar-refractivity contribution in [2.24, 2.45) is 0 Å². The lowest BCUT2D eigenvalue weighted by atomic mass is 10.1.